The van der Waals surface area contributed by atoms with Gasteiger partial charge in [-0.25, -0.2) is 17.6 Å². The highest BCUT2D eigenvalue weighted by atomic mass is 19.2. The zero-order valence-electron chi connectivity index (χ0n) is 23.1. The lowest BCUT2D eigenvalue weighted by atomic mass is 9.77. The van der Waals surface area contributed by atoms with E-state index in [2.05, 4.69) is 13.8 Å². The van der Waals surface area contributed by atoms with Crippen LogP contribution in [0.3, 0.4) is 0 Å². The second-order valence-electron chi connectivity index (χ2n) is 11.6. The molecule has 0 heterocycles. The molecule has 0 aromatic heterocycles. The van der Waals surface area contributed by atoms with Crippen LogP contribution in [0.5, 0.6) is 0 Å². The molecule has 0 bridgehead atoms. The number of aryl methyl sites for hydroxylation is 1. The van der Waals surface area contributed by atoms with Crippen molar-refractivity contribution in [3.05, 3.63) is 69.8 Å². The molecular formula is C33H44F4O. The Balaban J connectivity index is 1.28. The fraction of sp³-hybridized carbons (Fsp3) is 0.636. The van der Waals surface area contributed by atoms with E-state index in [9.17, 15) is 17.6 Å². The van der Waals surface area contributed by atoms with Crippen molar-refractivity contribution in [2.45, 2.75) is 128 Å². The summed E-state index contributed by atoms with van der Waals surface area (Å²) in [6.07, 6.45) is 12.6. The van der Waals surface area contributed by atoms with E-state index in [0.29, 0.717) is 48.8 Å². The quantitative estimate of drug-likeness (QED) is 0.207. The van der Waals surface area contributed by atoms with Gasteiger partial charge in [0.25, 0.3) is 0 Å². The molecule has 2 saturated carbocycles. The Morgan fingerprint density at radius 1 is 0.632 bits per heavy atom. The fourth-order valence-electron chi connectivity index (χ4n) is 6.63. The van der Waals surface area contributed by atoms with Crippen molar-refractivity contribution < 1.29 is 22.3 Å². The van der Waals surface area contributed by atoms with Crippen molar-refractivity contribution in [1.29, 1.82) is 0 Å². The standard InChI is InChI=1S/C33H44F4O/c1-3-5-6-8-25-15-19-28(32(36)30(25)34)24-13-17-27(18-14-24)38-21-26-16-20-29(33(37)31(26)35)23-11-9-22(7-4-2)10-12-23/h15-16,19-20,22-24,27H,3-14,17-18,21H2,1-2H3. The van der Waals surface area contributed by atoms with Crippen LogP contribution in [0.15, 0.2) is 24.3 Å². The Kier molecular flexibility index (Phi) is 10.7. The highest BCUT2D eigenvalue weighted by Gasteiger charge is 2.28. The molecule has 0 unspecified atom stereocenters. The number of benzene rings is 2. The average Bonchev–Trinajstić information content (AvgIpc) is 2.93. The number of ether oxygens (including phenoxy) is 1. The molecule has 0 radical (unpaired) electrons. The summed E-state index contributed by atoms with van der Waals surface area (Å²) in [5.74, 6) is -2.15. The van der Waals surface area contributed by atoms with Crippen LogP contribution < -0.4 is 0 Å². The summed E-state index contributed by atoms with van der Waals surface area (Å²) in [6.45, 7) is 4.31. The van der Waals surface area contributed by atoms with E-state index in [1.54, 1.807) is 24.3 Å². The van der Waals surface area contributed by atoms with Crippen LogP contribution in [-0.2, 0) is 17.8 Å². The minimum Gasteiger partial charge on any atom is -0.373 e. The molecule has 2 aliphatic rings. The van der Waals surface area contributed by atoms with Gasteiger partial charge >= 0.3 is 0 Å². The average molecular weight is 533 g/mol. The highest BCUT2D eigenvalue weighted by molar-refractivity contribution is 5.30. The van der Waals surface area contributed by atoms with Crippen molar-refractivity contribution in [3.63, 3.8) is 0 Å². The van der Waals surface area contributed by atoms with Gasteiger partial charge in [0, 0.05) is 5.56 Å². The monoisotopic (exact) mass is 532 g/mol. The summed E-state index contributed by atoms with van der Waals surface area (Å²) in [4.78, 5) is 0. The Bertz CT molecular complexity index is 1040. The second-order valence-corrected chi connectivity index (χ2v) is 11.6. The zero-order chi connectivity index (χ0) is 27.1. The first-order valence-corrected chi connectivity index (χ1v) is 15.0. The van der Waals surface area contributed by atoms with Gasteiger partial charge in [-0.2, -0.15) is 0 Å². The Labute approximate surface area is 226 Å². The summed E-state index contributed by atoms with van der Waals surface area (Å²) in [5.41, 5.74) is 1.67. The molecule has 0 saturated heterocycles. The molecule has 5 heteroatoms. The van der Waals surface area contributed by atoms with E-state index in [1.165, 1.54) is 12.8 Å². The van der Waals surface area contributed by atoms with Gasteiger partial charge in [-0.15, -0.1) is 0 Å². The van der Waals surface area contributed by atoms with Crippen LogP contribution in [0, 0.1) is 29.2 Å². The Morgan fingerprint density at radius 2 is 1.18 bits per heavy atom. The first-order valence-electron chi connectivity index (χ1n) is 15.0. The topological polar surface area (TPSA) is 9.23 Å². The summed E-state index contributed by atoms with van der Waals surface area (Å²) < 4.78 is 65.4. The lowest BCUT2D eigenvalue weighted by molar-refractivity contribution is 0.0116. The van der Waals surface area contributed by atoms with Crippen molar-refractivity contribution in [3.8, 4) is 0 Å². The van der Waals surface area contributed by atoms with Crippen molar-refractivity contribution in [1.82, 2.24) is 0 Å². The summed E-state index contributed by atoms with van der Waals surface area (Å²) in [7, 11) is 0. The molecule has 4 rings (SSSR count). The van der Waals surface area contributed by atoms with Crippen LogP contribution in [0.1, 0.15) is 131 Å². The molecule has 0 amide bonds. The largest absolute Gasteiger partial charge is 0.373 e. The molecule has 1 nitrogen and oxygen atoms in total. The highest BCUT2D eigenvalue weighted by Crippen LogP contribution is 2.40. The van der Waals surface area contributed by atoms with Gasteiger partial charge in [-0.05, 0) is 98.7 Å². The summed E-state index contributed by atoms with van der Waals surface area (Å²) >= 11 is 0. The lowest BCUT2D eigenvalue weighted by Crippen LogP contribution is -2.22. The van der Waals surface area contributed by atoms with Gasteiger partial charge in [-0.1, -0.05) is 63.8 Å². The van der Waals surface area contributed by atoms with Crippen LogP contribution in [0.25, 0.3) is 0 Å². The van der Waals surface area contributed by atoms with Crippen molar-refractivity contribution in [2.75, 3.05) is 0 Å². The predicted molar refractivity (Wildman–Crippen MR) is 145 cm³/mol. The van der Waals surface area contributed by atoms with E-state index in [4.69, 9.17) is 4.74 Å². The van der Waals surface area contributed by atoms with E-state index in [-0.39, 0.29) is 30.1 Å². The van der Waals surface area contributed by atoms with Crippen LogP contribution in [-0.4, -0.2) is 6.10 Å². The van der Waals surface area contributed by atoms with Crippen LogP contribution >= 0.6 is 0 Å². The molecule has 0 N–H and O–H groups in total. The third-order valence-electron chi connectivity index (χ3n) is 9.01. The fourth-order valence-corrected chi connectivity index (χ4v) is 6.63. The van der Waals surface area contributed by atoms with Gasteiger partial charge in [0.05, 0.1) is 12.7 Å². The smallest absolute Gasteiger partial charge is 0.164 e. The number of unbranched alkanes of at least 4 members (excludes halogenated alkanes) is 2. The maximum absolute atomic E-state index is 15.0. The maximum Gasteiger partial charge on any atom is 0.164 e. The molecule has 0 spiro atoms. The molecular weight excluding hydrogens is 488 g/mol. The van der Waals surface area contributed by atoms with Gasteiger partial charge in [0.15, 0.2) is 23.3 Å². The lowest BCUT2D eigenvalue weighted by Gasteiger charge is -2.30. The molecule has 2 aromatic rings. The van der Waals surface area contributed by atoms with Gasteiger partial charge in [0.1, 0.15) is 0 Å². The predicted octanol–water partition coefficient (Wildman–Crippen LogP) is 10.3. The van der Waals surface area contributed by atoms with Gasteiger partial charge in [0.2, 0.25) is 0 Å². The number of halogens is 4. The van der Waals surface area contributed by atoms with Gasteiger partial charge in [-0.3, -0.25) is 0 Å². The molecule has 2 fully saturated rings. The Hall–Kier alpha value is -1.88. The molecule has 0 aliphatic heterocycles. The molecule has 2 aromatic carbocycles. The maximum atomic E-state index is 15.0. The zero-order valence-corrected chi connectivity index (χ0v) is 23.1. The summed E-state index contributed by atoms with van der Waals surface area (Å²) in [6, 6.07) is 6.92. The number of rotatable bonds is 11. The molecule has 2 aliphatic carbocycles. The third kappa shape index (κ3) is 7.00. The summed E-state index contributed by atoms with van der Waals surface area (Å²) in [5, 5.41) is 0. The normalized spacial score (nSPS) is 24.1. The van der Waals surface area contributed by atoms with E-state index < -0.39 is 23.3 Å². The minimum absolute atomic E-state index is 0.0249. The third-order valence-corrected chi connectivity index (χ3v) is 9.01. The first-order chi connectivity index (χ1) is 18.4. The van der Waals surface area contributed by atoms with E-state index in [1.807, 2.05) is 0 Å². The Morgan fingerprint density at radius 3 is 1.76 bits per heavy atom. The van der Waals surface area contributed by atoms with E-state index in [0.717, 1.165) is 50.9 Å². The number of hydrogen-bond acceptors (Lipinski definition) is 1. The van der Waals surface area contributed by atoms with Gasteiger partial charge < -0.3 is 4.74 Å². The molecule has 38 heavy (non-hydrogen) atoms. The first kappa shape index (κ1) is 29.1. The van der Waals surface area contributed by atoms with E-state index >= 15 is 0 Å². The molecule has 0 atom stereocenters. The van der Waals surface area contributed by atoms with Crippen LogP contribution in [0.4, 0.5) is 17.6 Å². The molecule has 210 valence electrons. The van der Waals surface area contributed by atoms with Crippen molar-refractivity contribution in [2.24, 2.45) is 5.92 Å². The second kappa shape index (κ2) is 14.0. The van der Waals surface area contributed by atoms with Crippen LogP contribution in [0.2, 0.25) is 0 Å². The number of hydrogen-bond donors (Lipinski definition) is 0. The van der Waals surface area contributed by atoms with Crippen molar-refractivity contribution >= 4 is 0 Å². The SMILES string of the molecule is CCCCCc1ccc(C2CCC(OCc3ccc(C4CCC(CCC)CC4)c(F)c3F)CC2)c(F)c1F. The minimum atomic E-state index is -0.788.